The minimum atomic E-state index is -0.869. The van der Waals surface area contributed by atoms with Crippen molar-refractivity contribution in [3.8, 4) is 0 Å². The van der Waals surface area contributed by atoms with E-state index in [1.807, 2.05) is 30.3 Å². The second kappa shape index (κ2) is 8.68. The summed E-state index contributed by atoms with van der Waals surface area (Å²) in [5.74, 6) is 0.383. The molecule has 0 aliphatic rings. The molecule has 28 heavy (non-hydrogen) atoms. The number of rotatable bonds is 9. The number of anilines is 1. The lowest BCUT2D eigenvalue weighted by Gasteiger charge is -2.15. The van der Waals surface area contributed by atoms with Crippen molar-refractivity contribution in [3.63, 3.8) is 0 Å². The van der Waals surface area contributed by atoms with E-state index in [0.717, 1.165) is 5.56 Å². The van der Waals surface area contributed by atoms with Gasteiger partial charge in [-0.25, -0.2) is 4.79 Å². The molecule has 3 aromatic rings. The molecule has 1 aromatic carbocycles. The van der Waals surface area contributed by atoms with Gasteiger partial charge in [0.1, 0.15) is 0 Å². The summed E-state index contributed by atoms with van der Waals surface area (Å²) in [5, 5.41) is 13.5. The SMILES string of the molecule is C=CCOC[C@@H](O)Cn1c(NCc2ccccc2)nc2c1c(=O)[nH]c(=O)n2C. The Kier molecular flexibility index (Phi) is 6.07. The summed E-state index contributed by atoms with van der Waals surface area (Å²) in [4.78, 5) is 31.0. The summed E-state index contributed by atoms with van der Waals surface area (Å²) < 4.78 is 8.12. The van der Waals surface area contributed by atoms with Crippen molar-refractivity contribution in [1.29, 1.82) is 0 Å². The molecule has 0 saturated carbocycles. The van der Waals surface area contributed by atoms with Crippen molar-refractivity contribution in [2.75, 3.05) is 18.5 Å². The van der Waals surface area contributed by atoms with E-state index in [-0.39, 0.29) is 24.3 Å². The molecule has 0 radical (unpaired) electrons. The largest absolute Gasteiger partial charge is 0.389 e. The first-order valence-electron chi connectivity index (χ1n) is 8.85. The number of aliphatic hydroxyl groups excluding tert-OH is 1. The Morgan fingerprint density at radius 3 is 2.82 bits per heavy atom. The lowest BCUT2D eigenvalue weighted by Crippen LogP contribution is -2.30. The fraction of sp³-hybridized carbons (Fsp3) is 0.316. The topological polar surface area (TPSA) is 114 Å². The van der Waals surface area contributed by atoms with Gasteiger partial charge in [-0.1, -0.05) is 36.4 Å². The van der Waals surface area contributed by atoms with Crippen LogP contribution in [0.15, 0.2) is 52.6 Å². The zero-order valence-electron chi connectivity index (χ0n) is 15.6. The van der Waals surface area contributed by atoms with Gasteiger partial charge in [-0.15, -0.1) is 6.58 Å². The fourth-order valence-corrected chi connectivity index (χ4v) is 2.88. The van der Waals surface area contributed by atoms with Crippen LogP contribution in [-0.4, -0.2) is 43.5 Å². The number of aromatic nitrogens is 4. The number of aliphatic hydroxyl groups is 1. The number of aryl methyl sites for hydroxylation is 1. The molecular formula is C19H23N5O4. The van der Waals surface area contributed by atoms with Gasteiger partial charge in [0.2, 0.25) is 5.95 Å². The molecule has 1 atom stereocenters. The zero-order chi connectivity index (χ0) is 20.1. The van der Waals surface area contributed by atoms with Gasteiger partial charge in [0.05, 0.1) is 25.9 Å². The van der Waals surface area contributed by atoms with Crippen LogP contribution in [0.4, 0.5) is 5.95 Å². The highest BCUT2D eigenvalue weighted by Gasteiger charge is 2.19. The molecule has 0 spiro atoms. The maximum atomic E-state index is 12.4. The van der Waals surface area contributed by atoms with Crippen LogP contribution < -0.4 is 16.6 Å². The zero-order valence-corrected chi connectivity index (χ0v) is 15.6. The van der Waals surface area contributed by atoms with Crippen LogP contribution in [0.25, 0.3) is 11.2 Å². The van der Waals surface area contributed by atoms with Crippen LogP contribution in [0.2, 0.25) is 0 Å². The molecule has 0 unspecified atom stereocenters. The van der Waals surface area contributed by atoms with E-state index in [0.29, 0.717) is 19.1 Å². The molecular weight excluding hydrogens is 362 g/mol. The minimum absolute atomic E-state index is 0.0754. The van der Waals surface area contributed by atoms with Crippen LogP contribution in [0.3, 0.4) is 0 Å². The molecule has 148 valence electrons. The van der Waals surface area contributed by atoms with Gasteiger partial charge in [0.15, 0.2) is 11.2 Å². The number of fused-ring (bicyclic) bond motifs is 1. The Morgan fingerprint density at radius 1 is 1.36 bits per heavy atom. The number of hydrogen-bond acceptors (Lipinski definition) is 6. The number of nitrogens with one attached hydrogen (secondary N) is 2. The number of ether oxygens (including phenoxy) is 1. The number of imidazole rings is 1. The number of benzene rings is 1. The molecule has 0 aliphatic heterocycles. The van der Waals surface area contributed by atoms with Crippen LogP contribution in [0, 0.1) is 0 Å². The van der Waals surface area contributed by atoms with Crippen LogP contribution >= 0.6 is 0 Å². The highest BCUT2D eigenvalue weighted by molar-refractivity contribution is 5.74. The second-order valence-electron chi connectivity index (χ2n) is 6.36. The number of nitrogens with zero attached hydrogens (tertiary/aromatic N) is 3. The Bertz CT molecular complexity index is 1070. The summed E-state index contributed by atoms with van der Waals surface area (Å²) in [6, 6.07) is 9.69. The van der Waals surface area contributed by atoms with Gasteiger partial charge in [0, 0.05) is 13.6 Å². The van der Waals surface area contributed by atoms with E-state index in [1.165, 1.54) is 11.6 Å². The third-order valence-electron chi connectivity index (χ3n) is 4.24. The van der Waals surface area contributed by atoms with Crippen LogP contribution in [-0.2, 0) is 24.9 Å². The highest BCUT2D eigenvalue weighted by atomic mass is 16.5. The summed E-state index contributed by atoms with van der Waals surface area (Å²) in [7, 11) is 1.53. The van der Waals surface area contributed by atoms with E-state index in [1.54, 1.807) is 10.6 Å². The van der Waals surface area contributed by atoms with E-state index >= 15 is 0 Å². The van der Waals surface area contributed by atoms with Gasteiger partial charge in [0.25, 0.3) is 5.56 Å². The van der Waals surface area contributed by atoms with Gasteiger partial charge in [-0.2, -0.15) is 4.98 Å². The number of H-pyrrole nitrogens is 1. The minimum Gasteiger partial charge on any atom is -0.389 e. The maximum Gasteiger partial charge on any atom is 0.329 e. The van der Waals surface area contributed by atoms with E-state index in [2.05, 4.69) is 21.9 Å². The van der Waals surface area contributed by atoms with Crippen LogP contribution in [0.5, 0.6) is 0 Å². The molecule has 3 rings (SSSR count). The number of aromatic amines is 1. The molecule has 3 N–H and O–H groups in total. The van der Waals surface area contributed by atoms with Crippen molar-refractivity contribution in [3.05, 3.63) is 69.4 Å². The normalized spacial score (nSPS) is 12.2. The average Bonchev–Trinajstić information content (AvgIpc) is 3.04. The third-order valence-corrected chi connectivity index (χ3v) is 4.24. The van der Waals surface area contributed by atoms with Gasteiger partial charge < -0.3 is 19.7 Å². The highest BCUT2D eigenvalue weighted by Crippen LogP contribution is 2.17. The van der Waals surface area contributed by atoms with Crippen molar-refractivity contribution in [2.45, 2.75) is 19.2 Å². The summed E-state index contributed by atoms with van der Waals surface area (Å²) in [5.41, 5.74) is 0.368. The lowest BCUT2D eigenvalue weighted by atomic mass is 10.2. The van der Waals surface area contributed by atoms with E-state index in [4.69, 9.17) is 4.74 Å². The van der Waals surface area contributed by atoms with E-state index in [9.17, 15) is 14.7 Å². The Balaban J connectivity index is 1.97. The van der Waals surface area contributed by atoms with Crippen molar-refractivity contribution in [2.24, 2.45) is 7.05 Å². The monoisotopic (exact) mass is 385 g/mol. The summed E-state index contributed by atoms with van der Waals surface area (Å²) in [6.45, 7) is 4.50. The fourth-order valence-electron chi connectivity index (χ4n) is 2.88. The summed E-state index contributed by atoms with van der Waals surface area (Å²) >= 11 is 0. The third kappa shape index (κ3) is 4.21. The summed E-state index contributed by atoms with van der Waals surface area (Å²) in [6.07, 6.45) is 0.721. The first-order valence-corrected chi connectivity index (χ1v) is 8.85. The first-order chi connectivity index (χ1) is 13.5. The molecule has 0 bridgehead atoms. The molecule has 0 aliphatic carbocycles. The molecule has 0 saturated heterocycles. The quantitative estimate of drug-likeness (QED) is 0.367. The predicted octanol–water partition coefficient (Wildman–Crippen LogP) is 0.599. The van der Waals surface area contributed by atoms with Crippen molar-refractivity contribution >= 4 is 17.1 Å². The van der Waals surface area contributed by atoms with Gasteiger partial charge >= 0.3 is 5.69 Å². The maximum absolute atomic E-state index is 12.4. The predicted molar refractivity (Wildman–Crippen MR) is 106 cm³/mol. The van der Waals surface area contributed by atoms with Crippen molar-refractivity contribution < 1.29 is 9.84 Å². The molecule has 9 heteroatoms. The Labute approximate surface area is 160 Å². The molecule has 2 aromatic heterocycles. The number of hydrogen-bond donors (Lipinski definition) is 3. The lowest BCUT2D eigenvalue weighted by molar-refractivity contribution is 0.0405. The Morgan fingerprint density at radius 2 is 2.11 bits per heavy atom. The van der Waals surface area contributed by atoms with Crippen molar-refractivity contribution in [1.82, 2.24) is 19.1 Å². The van der Waals surface area contributed by atoms with Gasteiger partial charge in [-0.3, -0.25) is 14.3 Å². The molecule has 0 fully saturated rings. The Hall–Kier alpha value is -3.17. The van der Waals surface area contributed by atoms with E-state index < -0.39 is 17.4 Å². The standard InChI is InChI=1S/C19H23N5O4/c1-3-9-28-12-14(25)11-24-15-16(23(2)19(27)22-17(15)26)21-18(24)20-10-13-7-5-4-6-8-13/h3-8,14,25H,1,9-12H2,2H3,(H,20,21)(H,22,26,27)/t14-/m0/s1. The average molecular weight is 385 g/mol. The van der Waals surface area contributed by atoms with Gasteiger partial charge in [-0.05, 0) is 5.56 Å². The molecule has 2 heterocycles. The smallest absolute Gasteiger partial charge is 0.329 e. The second-order valence-corrected chi connectivity index (χ2v) is 6.36. The van der Waals surface area contributed by atoms with Crippen LogP contribution in [0.1, 0.15) is 5.56 Å². The molecule has 0 amide bonds. The first kappa shape index (κ1) is 19.6. The molecule has 9 nitrogen and oxygen atoms in total.